The third-order valence-corrected chi connectivity index (χ3v) is 7.90. The van der Waals surface area contributed by atoms with Crippen LogP contribution in [0.5, 0.6) is 5.75 Å². The Hall–Kier alpha value is -3.43. The SMILES string of the molecule is CC(Oc1ccc2[nH]nc(-c3cnc(N4CCC5(CCC(=O)N5)CC4)nc3)c2c1)c1c(Cl)cncc1Cl. The summed E-state index contributed by atoms with van der Waals surface area (Å²) in [6, 6.07) is 5.73. The molecule has 1 unspecified atom stereocenters. The zero-order chi connectivity index (χ0) is 25.6. The van der Waals surface area contributed by atoms with Crippen LogP contribution in [-0.4, -0.2) is 49.7 Å². The van der Waals surface area contributed by atoms with Crippen LogP contribution in [0.25, 0.3) is 22.2 Å². The molecule has 3 aromatic heterocycles. The highest BCUT2D eigenvalue weighted by atomic mass is 35.5. The van der Waals surface area contributed by atoms with Crippen LogP contribution >= 0.6 is 23.2 Å². The van der Waals surface area contributed by atoms with E-state index in [4.69, 9.17) is 27.9 Å². The van der Waals surface area contributed by atoms with Crippen molar-refractivity contribution in [3.63, 3.8) is 0 Å². The van der Waals surface area contributed by atoms with E-state index in [1.54, 1.807) is 24.8 Å². The van der Waals surface area contributed by atoms with Crippen LogP contribution in [0.1, 0.15) is 44.3 Å². The number of pyridine rings is 1. The summed E-state index contributed by atoms with van der Waals surface area (Å²) in [5.41, 5.74) is 3.06. The van der Waals surface area contributed by atoms with Crippen molar-refractivity contribution in [3.05, 3.63) is 58.6 Å². The molecule has 1 spiro atoms. The Labute approximate surface area is 223 Å². The van der Waals surface area contributed by atoms with Crippen LogP contribution in [0.4, 0.5) is 5.95 Å². The van der Waals surface area contributed by atoms with E-state index >= 15 is 0 Å². The lowest BCUT2D eigenvalue weighted by Gasteiger charge is -2.39. The summed E-state index contributed by atoms with van der Waals surface area (Å²) in [5.74, 6) is 1.50. The van der Waals surface area contributed by atoms with Gasteiger partial charge in [0.05, 0.1) is 15.6 Å². The molecule has 5 heterocycles. The number of carbonyl (C=O) groups is 1. The lowest BCUT2D eigenvalue weighted by Crippen LogP contribution is -2.51. The third-order valence-electron chi connectivity index (χ3n) is 7.29. The number of anilines is 1. The first kappa shape index (κ1) is 23.9. The van der Waals surface area contributed by atoms with Crippen molar-refractivity contribution in [2.45, 2.75) is 44.2 Å². The maximum Gasteiger partial charge on any atom is 0.225 e. The summed E-state index contributed by atoms with van der Waals surface area (Å²) in [4.78, 5) is 27.1. The van der Waals surface area contributed by atoms with Gasteiger partial charge in [0, 0.05) is 66.3 Å². The van der Waals surface area contributed by atoms with Crippen LogP contribution in [0.15, 0.2) is 43.0 Å². The molecule has 1 aromatic carbocycles. The van der Waals surface area contributed by atoms with Gasteiger partial charge < -0.3 is 15.0 Å². The number of ether oxygens (including phenoxy) is 1. The first-order valence-corrected chi connectivity index (χ1v) is 13.0. The minimum atomic E-state index is -0.375. The maximum atomic E-state index is 11.7. The number of hydrogen-bond acceptors (Lipinski definition) is 7. The van der Waals surface area contributed by atoms with E-state index in [0.29, 0.717) is 33.7 Å². The zero-order valence-corrected chi connectivity index (χ0v) is 21.7. The number of piperidine rings is 1. The third kappa shape index (κ3) is 4.57. The number of hydrogen-bond donors (Lipinski definition) is 2. The molecule has 1 atom stereocenters. The van der Waals surface area contributed by atoms with Gasteiger partial charge in [0.2, 0.25) is 11.9 Å². The summed E-state index contributed by atoms with van der Waals surface area (Å²) in [6.07, 6.45) is 9.68. The molecule has 2 aliphatic heterocycles. The Kier molecular flexibility index (Phi) is 6.12. The van der Waals surface area contributed by atoms with Gasteiger partial charge in [-0.3, -0.25) is 14.9 Å². The maximum absolute atomic E-state index is 11.7. The predicted octanol–water partition coefficient (Wildman–Crippen LogP) is 5.11. The van der Waals surface area contributed by atoms with E-state index < -0.39 is 0 Å². The molecule has 4 aromatic rings. The monoisotopic (exact) mass is 537 g/mol. The van der Waals surface area contributed by atoms with Crippen LogP contribution in [0.3, 0.4) is 0 Å². The predicted molar refractivity (Wildman–Crippen MR) is 142 cm³/mol. The van der Waals surface area contributed by atoms with Crippen LogP contribution in [0.2, 0.25) is 10.0 Å². The van der Waals surface area contributed by atoms with E-state index in [9.17, 15) is 4.79 Å². The first-order chi connectivity index (χ1) is 17.9. The molecule has 190 valence electrons. The molecule has 6 rings (SSSR count). The average Bonchev–Trinajstić information content (AvgIpc) is 3.47. The number of amides is 1. The summed E-state index contributed by atoms with van der Waals surface area (Å²) in [5, 5.41) is 12.6. The number of carbonyl (C=O) groups excluding carboxylic acids is 1. The quantitative estimate of drug-likeness (QED) is 0.364. The fourth-order valence-corrected chi connectivity index (χ4v) is 5.92. The molecular formula is C26H25Cl2N7O2. The Morgan fingerprint density at radius 1 is 1.05 bits per heavy atom. The normalized spacial score (nSPS) is 17.8. The minimum absolute atomic E-state index is 0.0488. The fourth-order valence-electron chi connectivity index (χ4n) is 5.25. The molecule has 11 heteroatoms. The number of rotatable bonds is 5. The van der Waals surface area contributed by atoms with Crippen LogP contribution in [-0.2, 0) is 4.79 Å². The summed E-state index contributed by atoms with van der Waals surface area (Å²) in [7, 11) is 0. The Balaban J connectivity index is 1.19. The van der Waals surface area contributed by atoms with Crippen molar-refractivity contribution in [2.75, 3.05) is 18.0 Å². The molecule has 0 bridgehead atoms. The number of fused-ring (bicyclic) bond motifs is 1. The number of benzene rings is 1. The van der Waals surface area contributed by atoms with Gasteiger partial charge in [-0.15, -0.1) is 0 Å². The van der Waals surface area contributed by atoms with Crippen molar-refractivity contribution in [1.29, 1.82) is 0 Å². The number of nitrogens with zero attached hydrogens (tertiary/aromatic N) is 5. The average molecular weight is 538 g/mol. The molecule has 37 heavy (non-hydrogen) atoms. The summed E-state index contributed by atoms with van der Waals surface area (Å²) < 4.78 is 6.17. The Morgan fingerprint density at radius 2 is 1.78 bits per heavy atom. The first-order valence-electron chi connectivity index (χ1n) is 12.2. The lowest BCUT2D eigenvalue weighted by molar-refractivity contribution is -0.119. The smallest absolute Gasteiger partial charge is 0.225 e. The molecule has 2 saturated heterocycles. The van der Waals surface area contributed by atoms with Crippen LogP contribution in [0, 0.1) is 0 Å². The molecule has 0 radical (unpaired) electrons. The number of aromatic nitrogens is 5. The highest BCUT2D eigenvalue weighted by Gasteiger charge is 2.40. The molecule has 0 aliphatic carbocycles. The Bertz CT molecular complexity index is 1450. The highest BCUT2D eigenvalue weighted by Crippen LogP contribution is 2.35. The number of H-pyrrole nitrogens is 1. The van der Waals surface area contributed by atoms with Crippen molar-refractivity contribution in [3.8, 4) is 17.0 Å². The van der Waals surface area contributed by atoms with Gasteiger partial charge in [0.15, 0.2) is 0 Å². The van der Waals surface area contributed by atoms with E-state index in [1.165, 1.54) is 0 Å². The Morgan fingerprint density at radius 3 is 2.46 bits per heavy atom. The van der Waals surface area contributed by atoms with Gasteiger partial charge >= 0.3 is 0 Å². The molecule has 1 amide bonds. The number of nitrogens with one attached hydrogen (secondary N) is 2. The van der Waals surface area contributed by atoms with Crippen LogP contribution < -0.4 is 15.0 Å². The van der Waals surface area contributed by atoms with Crippen molar-refractivity contribution in [2.24, 2.45) is 0 Å². The number of aromatic amines is 1. The standard InChI is InChI=1S/C26H25Cl2N7O2/c1-15(23-19(27)13-29-14-20(23)28)37-17-2-3-21-18(10-17)24(34-33-21)16-11-30-25(31-12-16)35-8-6-26(7-9-35)5-4-22(36)32-26/h2-3,10-15H,4-9H2,1H3,(H,32,36)(H,33,34). The molecule has 2 fully saturated rings. The van der Waals surface area contributed by atoms with Gasteiger partial charge in [-0.1, -0.05) is 23.2 Å². The second-order valence-corrected chi connectivity index (χ2v) is 10.5. The van der Waals surface area contributed by atoms with Gasteiger partial charge in [-0.2, -0.15) is 5.10 Å². The second kappa shape index (κ2) is 9.46. The van der Waals surface area contributed by atoms with Crippen molar-refractivity contribution in [1.82, 2.24) is 30.5 Å². The molecular weight excluding hydrogens is 513 g/mol. The number of halogens is 2. The fraction of sp³-hybridized carbons (Fsp3) is 0.346. The molecule has 9 nitrogen and oxygen atoms in total. The van der Waals surface area contributed by atoms with Gasteiger partial charge in [0.25, 0.3) is 0 Å². The topological polar surface area (TPSA) is 109 Å². The van der Waals surface area contributed by atoms with Gasteiger partial charge in [-0.05, 0) is 44.4 Å². The van der Waals surface area contributed by atoms with E-state index in [0.717, 1.165) is 54.5 Å². The summed E-state index contributed by atoms with van der Waals surface area (Å²) >= 11 is 12.6. The molecule has 2 aliphatic rings. The van der Waals surface area contributed by atoms with E-state index in [1.807, 2.05) is 25.1 Å². The van der Waals surface area contributed by atoms with E-state index in [-0.39, 0.29) is 17.6 Å². The second-order valence-electron chi connectivity index (χ2n) is 9.64. The molecule has 2 N–H and O–H groups in total. The van der Waals surface area contributed by atoms with Crippen molar-refractivity contribution >= 4 is 46.0 Å². The summed E-state index contributed by atoms with van der Waals surface area (Å²) in [6.45, 7) is 3.52. The molecule has 0 saturated carbocycles. The van der Waals surface area contributed by atoms with Crippen molar-refractivity contribution < 1.29 is 9.53 Å². The van der Waals surface area contributed by atoms with Gasteiger partial charge in [-0.25, -0.2) is 9.97 Å². The zero-order valence-electron chi connectivity index (χ0n) is 20.2. The lowest BCUT2D eigenvalue weighted by atomic mass is 9.86. The van der Waals surface area contributed by atoms with E-state index in [2.05, 4.69) is 35.4 Å². The largest absolute Gasteiger partial charge is 0.486 e. The van der Waals surface area contributed by atoms with Gasteiger partial charge in [0.1, 0.15) is 17.5 Å². The minimum Gasteiger partial charge on any atom is -0.486 e. The highest BCUT2D eigenvalue weighted by molar-refractivity contribution is 6.35.